The predicted octanol–water partition coefficient (Wildman–Crippen LogP) is 5.01. The number of nitrogens with zero attached hydrogens (tertiary/aromatic N) is 2. The van der Waals surface area contributed by atoms with Gasteiger partial charge in [0.15, 0.2) is 11.6 Å². The lowest BCUT2D eigenvalue weighted by Gasteiger charge is -2.30. The van der Waals surface area contributed by atoms with Crippen LogP contribution < -0.4 is 9.62 Å². The normalized spacial score (nSPS) is 12.4. The molecule has 2 rings (SSSR count). The molecule has 0 bridgehead atoms. The summed E-state index contributed by atoms with van der Waals surface area (Å²) in [7, 11) is -3.84. The minimum Gasteiger partial charge on any atom is -0.354 e. The standard InChI is InChI=1S/C25H31Cl2F2N3O4S/c1-16(2)14-30-25(34)17(3)31(15-18-7-8-19(26)12-21(18)27)24(33)6-5-11-32(37(4,35)36)20-9-10-22(28)23(29)13-20/h7-10,12-13,16-17H,5-6,11,14-15H2,1-4H3,(H,30,34)/t17-/m0/s1. The van der Waals surface area contributed by atoms with Crippen LogP contribution in [0.2, 0.25) is 10.0 Å². The molecule has 0 radical (unpaired) electrons. The summed E-state index contributed by atoms with van der Waals surface area (Å²) >= 11 is 12.3. The second-order valence-corrected chi connectivity index (χ2v) is 11.9. The van der Waals surface area contributed by atoms with Gasteiger partial charge in [-0.25, -0.2) is 17.2 Å². The first-order chi connectivity index (χ1) is 17.2. The molecule has 0 spiro atoms. The molecule has 2 aromatic carbocycles. The molecule has 0 saturated carbocycles. The van der Waals surface area contributed by atoms with Crippen LogP contribution in [0.5, 0.6) is 0 Å². The summed E-state index contributed by atoms with van der Waals surface area (Å²) in [6, 6.07) is 6.76. The average molecular weight is 579 g/mol. The second-order valence-electron chi connectivity index (χ2n) is 9.11. The number of benzene rings is 2. The van der Waals surface area contributed by atoms with E-state index in [1.165, 1.54) is 11.0 Å². The molecule has 2 aromatic rings. The van der Waals surface area contributed by atoms with Gasteiger partial charge >= 0.3 is 0 Å². The summed E-state index contributed by atoms with van der Waals surface area (Å²) < 4.78 is 52.6. The molecule has 12 heteroatoms. The Morgan fingerprint density at radius 2 is 1.70 bits per heavy atom. The smallest absolute Gasteiger partial charge is 0.242 e. The van der Waals surface area contributed by atoms with Crippen molar-refractivity contribution in [3.05, 3.63) is 63.6 Å². The van der Waals surface area contributed by atoms with Gasteiger partial charge in [-0.3, -0.25) is 13.9 Å². The third-order valence-corrected chi connectivity index (χ3v) is 7.33. The zero-order valence-electron chi connectivity index (χ0n) is 21.1. The third-order valence-electron chi connectivity index (χ3n) is 5.55. The van der Waals surface area contributed by atoms with Crippen molar-refractivity contribution in [2.24, 2.45) is 5.92 Å². The van der Waals surface area contributed by atoms with Crippen molar-refractivity contribution in [2.75, 3.05) is 23.7 Å². The van der Waals surface area contributed by atoms with Crippen molar-refractivity contribution in [3.63, 3.8) is 0 Å². The molecule has 0 aliphatic heterocycles. The molecule has 0 aromatic heterocycles. The molecule has 0 aliphatic rings. The summed E-state index contributed by atoms with van der Waals surface area (Å²) in [4.78, 5) is 27.4. The molecule has 37 heavy (non-hydrogen) atoms. The highest BCUT2D eigenvalue weighted by Gasteiger charge is 2.27. The molecule has 0 fully saturated rings. The molecule has 0 aliphatic carbocycles. The number of amides is 2. The van der Waals surface area contributed by atoms with E-state index in [1.54, 1.807) is 19.1 Å². The molecule has 1 N–H and O–H groups in total. The van der Waals surface area contributed by atoms with Gasteiger partial charge in [-0.1, -0.05) is 43.1 Å². The topological polar surface area (TPSA) is 86.8 Å². The fraction of sp³-hybridized carbons (Fsp3) is 0.440. The van der Waals surface area contributed by atoms with Crippen molar-refractivity contribution in [2.45, 2.75) is 46.2 Å². The van der Waals surface area contributed by atoms with Crippen LogP contribution in [0.15, 0.2) is 36.4 Å². The van der Waals surface area contributed by atoms with Gasteiger partial charge < -0.3 is 10.2 Å². The van der Waals surface area contributed by atoms with E-state index < -0.39 is 33.6 Å². The van der Waals surface area contributed by atoms with Crippen LogP contribution in [0.4, 0.5) is 14.5 Å². The van der Waals surface area contributed by atoms with E-state index in [9.17, 15) is 26.8 Å². The fourth-order valence-corrected chi connectivity index (χ4v) is 4.94. The Kier molecular flexibility index (Phi) is 11.1. The summed E-state index contributed by atoms with van der Waals surface area (Å²) in [5.74, 6) is -2.82. The van der Waals surface area contributed by atoms with E-state index in [0.29, 0.717) is 22.2 Å². The van der Waals surface area contributed by atoms with Crippen LogP contribution in [0, 0.1) is 17.6 Å². The van der Waals surface area contributed by atoms with Gasteiger partial charge in [-0.15, -0.1) is 0 Å². The third kappa shape index (κ3) is 9.12. The van der Waals surface area contributed by atoms with Gasteiger partial charge in [0.25, 0.3) is 0 Å². The van der Waals surface area contributed by atoms with E-state index in [1.807, 2.05) is 13.8 Å². The molecular formula is C25H31Cl2F2N3O4S. The molecule has 0 unspecified atom stereocenters. The molecule has 0 saturated heterocycles. The Bertz CT molecular complexity index is 1230. The quantitative estimate of drug-likeness (QED) is 0.384. The van der Waals surface area contributed by atoms with E-state index in [-0.39, 0.29) is 43.4 Å². The molecule has 204 valence electrons. The minimum absolute atomic E-state index is 0.0318. The van der Waals surface area contributed by atoms with Crippen LogP contribution in [-0.2, 0) is 26.2 Å². The zero-order chi connectivity index (χ0) is 27.9. The molecular weight excluding hydrogens is 547 g/mol. The van der Waals surface area contributed by atoms with Crippen molar-refractivity contribution < 1.29 is 26.8 Å². The Labute approximate surface area is 226 Å². The number of carbonyl (C=O) groups excluding carboxylic acids is 2. The lowest BCUT2D eigenvalue weighted by atomic mass is 10.1. The van der Waals surface area contributed by atoms with Gasteiger partial charge in [0, 0.05) is 42.2 Å². The molecule has 2 amide bonds. The number of rotatable bonds is 12. The van der Waals surface area contributed by atoms with E-state index >= 15 is 0 Å². The van der Waals surface area contributed by atoms with Crippen molar-refractivity contribution in [1.29, 1.82) is 0 Å². The van der Waals surface area contributed by atoms with Crippen LogP contribution in [0.25, 0.3) is 0 Å². The zero-order valence-corrected chi connectivity index (χ0v) is 23.4. The van der Waals surface area contributed by atoms with Gasteiger partial charge in [0.05, 0.1) is 11.9 Å². The summed E-state index contributed by atoms with van der Waals surface area (Å²) in [5.41, 5.74) is 0.530. The average Bonchev–Trinajstić information content (AvgIpc) is 2.80. The Morgan fingerprint density at radius 3 is 2.27 bits per heavy atom. The number of halogens is 4. The highest BCUT2D eigenvalue weighted by Crippen LogP contribution is 2.24. The largest absolute Gasteiger partial charge is 0.354 e. The van der Waals surface area contributed by atoms with Crippen molar-refractivity contribution >= 4 is 50.7 Å². The van der Waals surface area contributed by atoms with E-state index in [0.717, 1.165) is 28.8 Å². The summed E-state index contributed by atoms with van der Waals surface area (Å²) in [6.45, 7) is 5.80. The lowest BCUT2D eigenvalue weighted by Crippen LogP contribution is -2.48. The van der Waals surface area contributed by atoms with Crippen molar-refractivity contribution in [1.82, 2.24) is 10.2 Å². The maximum Gasteiger partial charge on any atom is 0.242 e. The first-order valence-electron chi connectivity index (χ1n) is 11.6. The number of carbonyl (C=O) groups is 2. The van der Waals surface area contributed by atoms with E-state index in [2.05, 4.69) is 5.32 Å². The van der Waals surface area contributed by atoms with Crippen LogP contribution >= 0.6 is 23.2 Å². The number of hydrogen-bond acceptors (Lipinski definition) is 4. The summed E-state index contributed by atoms with van der Waals surface area (Å²) in [5, 5.41) is 3.57. The van der Waals surface area contributed by atoms with Crippen LogP contribution in [0.3, 0.4) is 0 Å². The van der Waals surface area contributed by atoms with Gasteiger partial charge in [-0.2, -0.15) is 0 Å². The Hall–Kier alpha value is -2.43. The number of sulfonamides is 1. The minimum atomic E-state index is -3.84. The summed E-state index contributed by atoms with van der Waals surface area (Å²) in [6.07, 6.45) is 0.894. The predicted molar refractivity (Wildman–Crippen MR) is 142 cm³/mol. The lowest BCUT2D eigenvalue weighted by molar-refractivity contribution is -0.140. The maximum atomic E-state index is 13.7. The van der Waals surface area contributed by atoms with Gasteiger partial charge in [0.2, 0.25) is 21.8 Å². The molecule has 1 atom stereocenters. The molecule has 0 heterocycles. The maximum absolute atomic E-state index is 13.7. The van der Waals surface area contributed by atoms with Gasteiger partial charge in [0.1, 0.15) is 6.04 Å². The fourth-order valence-electron chi connectivity index (χ4n) is 3.51. The number of hydrogen-bond donors (Lipinski definition) is 1. The monoisotopic (exact) mass is 577 g/mol. The first-order valence-corrected chi connectivity index (χ1v) is 14.2. The number of nitrogens with one attached hydrogen (secondary N) is 1. The van der Waals surface area contributed by atoms with Crippen molar-refractivity contribution in [3.8, 4) is 0 Å². The van der Waals surface area contributed by atoms with Crippen LogP contribution in [0.1, 0.15) is 39.2 Å². The number of anilines is 1. The Morgan fingerprint density at radius 1 is 1.03 bits per heavy atom. The SMILES string of the molecule is CC(C)CNC(=O)[C@H](C)N(Cc1ccc(Cl)cc1Cl)C(=O)CCCN(c1ccc(F)c(F)c1)S(C)(=O)=O. The molecule has 7 nitrogen and oxygen atoms in total. The van der Waals surface area contributed by atoms with E-state index in [4.69, 9.17) is 23.2 Å². The second kappa shape index (κ2) is 13.4. The van der Waals surface area contributed by atoms with Crippen LogP contribution in [-0.4, -0.2) is 50.5 Å². The van der Waals surface area contributed by atoms with Gasteiger partial charge in [-0.05, 0) is 49.1 Å². The first kappa shape index (κ1) is 30.8. The highest BCUT2D eigenvalue weighted by molar-refractivity contribution is 7.92. The Balaban J connectivity index is 2.21. The highest BCUT2D eigenvalue weighted by atomic mass is 35.5.